The van der Waals surface area contributed by atoms with E-state index in [-0.39, 0.29) is 11.9 Å². The van der Waals surface area contributed by atoms with E-state index in [1.807, 2.05) is 0 Å². The van der Waals surface area contributed by atoms with E-state index >= 15 is 0 Å². The van der Waals surface area contributed by atoms with Crippen LogP contribution in [0.15, 0.2) is 6.20 Å². The van der Waals surface area contributed by atoms with Crippen molar-refractivity contribution in [2.24, 2.45) is 0 Å². The van der Waals surface area contributed by atoms with Crippen LogP contribution in [0.5, 0.6) is 0 Å². The summed E-state index contributed by atoms with van der Waals surface area (Å²) in [6, 6.07) is 0. The molecule has 0 aromatic carbocycles. The number of hydrogen-bond acceptors (Lipinski definition) is 9. The molecule has 0 spiro atoms. The fourth-order valence-corrected chi connectivity index (χ4v) is 4.10. The first-order valence-corrected chi connectivity index (χ1v) is 11.2. The summed E-state index contributed by atoms with van der Waals surface area (Å²) in [5.41, 5.74) is 0.347. The van der Waals surface area contributed by atoms with Gasteiger partial charge in [0.1, 0.15) is 30.5 Å². The third kappa shape index (κ3) is 4.25. The number of hydrogen-bond donors (Lipinski definition) is 4. The Kier molecular flexibility index (Phi) is 5.79. The number of halogens is 1. The highest BCUT2D eigenvalue weighted by Crippen LogP contribution is 2.36. The van der Waals surface area contributed by atoms with Gasteiger partial charge in [0.15, 0.2) is 11.9 Å². The number of rotatable bonds is 6. The molecule has 2 aliphatic rings. The largest absolute Gasteiger partial charge is 0.387 e. The summed E-state index contributed by atoms with van der Waals surface area (Å²) in [4.78, 5) is 28.3. The zero-order valence-corrected chi connectivity index (χ0v) is 16.9. The lowest BCUT2D eigenvalue weighted by Crippen LogP contribution is -2.34. The van der Waals surface area contributed by atoms with Crippen LogP contribution in [0.2, 0.25) is 5.28 Å². The van der Waals surface area contributed by atoms with Crippen LogP contribution in [0.1, 0.15) is 19.1 Å². The summed E-state index contributed by atoms with van der Waals surface area (Å²) >= 11 is 6.11. The number of anilines is 1. The van der Waals surface area contributed by atoms with Gasteiger partial charge in [-0.2, -0.15) is 15.1 Å². The zero-order valence-electron chi connectivity index (χ0n) is 15.2. The van der Waals surface area contributed by atoms with Crippen molar-refractivity contribution in [3.8, 4) is 0 Å². The van der Waals surface area contributed by atoms with Crippen LogP contribution in [0.4, 0.5) is 5.82 Å². The first kappa shape index (κ1) is 20.9. The molecule has 29 heavy (non-hydrogen) atoms. The van der Waals surface area contributed by atoms with Crippen LogP contribution in [0.3, 0.4) is 0 Å². The lowest BCUT2D eigenvalue weighted by molar-refractivity contribution is -0.0658. The molecular weight excluding hydrogens is 429 g/mol. The van der Waals surface area contributed by atoms with Crippen molar-refractivity contribution in [1.29, 1.82) is 0 Å². The van der Waals surface area contributed by atoms with Gasteiger partial charge in [-0.15, -0.1) is 0 Å². The summed E-state index contributed by atoms with van der Waals surface area (Å²) in [6.45, 7) is 1.37. The molecule has 4 N–H and O–H groups in total. The van der Waals surface area contributed by atoms with E-state index in [0.29, 0.717) is 16.9 Å². The molecule has 0 amide bonds. The molecule has 4 heterocycles. The maximum atomic E-state index is 10.9. The Hall–Kier alpha value is -1.37. The van der Waals surface area contributed by atoms with Crippen molar-refractivity contribution in [2.45, 2.75) is 37.4 Å². The fourth-order valence-electron chi connectivity index (χ4n) is 3.60. The maximum Gasteiger partial charge on any atom is 0.350 e. The van der Waals surface area contributed by atoms with Crippen molar-refractivity contribution >= 4 is 36.0 Å². The highest BCUT2D eigenvalue weighted by Gasteiger charge is 2.45. The molecule has 2 aliphatic heterocycles. The predicted octanol–water partition coefficient (Wildman–Crippen LogP) is -0.149. The summed E-state index contributed by atoms with van der Waals surface area (Å²) < 4.78 is 22.8. The average Bonchev–Trinajstić information content (AvgIpc) is 3.36. The van der Waals surface area contributed by atoms with E-state index in [1.165, 1.54) is 4.68 Å². The topological polar surface area (TPSA) is 163 Å². The highest BCUT2D eigenvalue weighted by molar-refractivity contribution is 7.51. The SMILES string of the molecule is O=P(O)(O)COC[C@H]1O[C@@H](n2ncc3c(N4CCCC4)nc(Cl)nc32)[C@H](O)[C@@H]1O. The minimum absolute atomic E-state index is 0.0238. The quantitative estimate of drug-likeness (QED) is 0.342. The average molecular weight is 450 g/mol. The van der Waals surface area contributed by atoms with Crippen LogP contribution >= 0.6 is 19.2 Å². The van der Waals surface area contributed by atoms with Gasteiger partial charge in [0.05, 0.1) is 18.2 Å². The number of nitrogens with zero attached hydrogens (tertiary/aromatic N) is 5. The van der Waals surface area contributed by atoms with Gasteiger partial charge in [-0.05, 0) is 24.4 Å². The van der Waals surface area contributed by atoms with Crippen molar-refractivity contribution in [3.05, 3.63) is 11.5 Å². The van der Waals surface area contributed by atoms with Gasteiger partial charge in [0.25, 0.3) is 0 Å². The van der Waals surface area contributed by atoms with E-state index in [0.717, 1.165) is 25.9 Å². The first-order chi connectivity index (χ1) is 13.7. The van der Waals surface area contributed by atoms with Gasteiger partial charge in [0.2, 0.25) is 5.28 Å². The van der Waals surface area contributed by atoms with E-state index in [9.17, 15) is 14.8 Å². The Morgan fingerprint density at radius 2 is 1.97 bits per heavy atom. The second-order valence-corrected chi connectivity index (χ2v) is 8.97. The molecule has 2 aromatic rings. The standard InChI is InChI=1S/C15H21ClN5O7P/c16-15-18-12(20-3-1-2-4-20)8-5-17-21(13(8)19-15)14-11(23)10(22)9(28-14)6-27-7-29(24,25)26/h5,9-11,14,22-23H,1-4,6-7H2,(H2,24,25,26)/t9-,10-,11-,14-/m1/s1. The number of fused-ring (bicyclic) bond motifs is 1. The zero-order chi connectivity index (χ0) is 20.8. The molecule has 0 aliphatic carbocycles. The molecule has 2 saturated heterocycles. The Bertz CT molecular complexity index is 933. The Labute approximate surface area is 170 Å². The lowest BCUT2D eigenvalue weighted by Gasteiger charge is -2.18. The van der Waals surface area contributed by atoms with E-state index in [4.69, 9.17) is 30.9 Å². The number of ether oxygens (including phenoxy) is 2. The summed E-state index contributed by atoms with van der Waals surface area (Å²) in [7, 11) is -4.35. The van der Waals surface area contributed by atoms with Crippen LogP contribution in [-0.2, 0) is 14.0 Å². The van der Waals surface area contributed by atoms with Gasteiger partial charge in [0, 0.05) is 13.1 Å². The molecule has 160 valence electrons. The maximum absolute atomic E-state index is 10.9. The normalized spacial score (nSPS) is 28.0. The number of aromatic nitrogens is 4. The lowest BCUT2D eigenvalue weighted by atomic mass is 10.1. The summed E-state index contributed by atoms with van der Waals surface area (Å²) in [5, 5.41) is 25.6. The minimum Gasteiger partial charge on any atom is -0.387 e. The molecule has 2 fully saturated rings. The second kappa shape index (κ2) is 8.05. The molecule has 12 nitrogen and oxygen atoms in total. The molecular formula is C15H21ClN5O7P. The van der Waals surface area contributed by atoms with E-state index in [2.05, 4.69) is 20.0 Å². The molecule has 0 radical (unpaired) electrons. The van der Waals surface area contributed by atoms with Crippen LogP contribution < -0.4 is 4.90 Å². The highest BCUT2D eigenvalue weighted by atomic mass is 35.5. The van der Waals surface area contributed by atoms with Crippen molar-refractivity contribution in [3.63, 3.8) is 0 Å². The third-order valence-electron chi connectivity index (χ3n) is 4.93. The fraction of sp³-hybridized carbons (Fsp3) is 0.667. The van der Waals surface area contributed by atoms with Gasteiger partial charge in [-0.3, -0.25) is 4.57 Å². The molecule has 0 saturated carbocycles. The van der Waals surface area contributed by atoms with E-state index < -0.39 is 38.5 Å². The Morgan fingerprint density at radius 1 is 1.24 bits per heavy atom. The Balaban J connectivity index is 1.58. The number of aliphatic hydroxyl groups is 2. The molecule has 0 bridgehead atoms. The van der Waals surface area contributed by atoms with Crippen LogP contribution in [-0.4, -0.2) is 84.1 Å². The van der Waals surface area contributed by atoms with Crippen molar-refractivity contribution < 1.29 is 34.0 Å². The van der Waals surface area contributed by atoms with Gasteiger partial charge < -0.3 is 34.4 Å². The third-order valence-corrected chi connectivity index (χ3v) is 5.62. The van der Waals surface area contributed by atoms with Crippen molar-refractivity contribution in [2.75, 3.05) is 30.9 Å². The second-order valence-electron chi connectivity index (χ2n) is 7.05. The monoisotopic (exact) mass is 449 g/mol. The van der Waals surface area contributed by atoms with Gasteiger partial charge in [-0.25, -0.2) is 4.68 Å². The molecule has 2 aromatic heterocycles. The van der Waals surface area contributed by atoms with Crippen LogP contribution in [0, 0.1) is 0 Å². The summed E-state index contributed by atoms with van der Waals surface area (Å²) in [6.07, 6.45) is -1.95. The summed E-state index contributed by atoms with van der Waals surface area (Å²) in [5.74, 6) is 0.651. The van der Waals surface area contributed by atoms with Gasteiger partial charge >= 0.3 is 7.60 Å². The Morgan fingerprint density at radius 3 is 2.66 bits per heavy atom. The predicted molar refractivity (Wildman–Crippen MR) is 101 cm³/mol. The smallest absolute Gasteiger partial charge is 0.350 e. The minimum atomic E-state index is -4.35. The van der Waals surface area contributed by atoms with Gasteiger partial charge in [-0.1, -0.05) is 0 Å². The molecule has 14 heteroatoms. The number of aliphatic hydroxyl groups excluding tert-OH is 2. The van der Waals surface area contributed by atoms with Crippen molar-refractivity contribution in [1.82, 2.24) is 19.7 Å². The van der Waals surface area contributed by atoms with E-state index in [1.54, 1.807) is 6.20 Å². The molecule has 4 rings (SSSR count). The first-order valence-electron chi connectivity index (χ1n) is 9.04. The van der Waals surface area contributed by atoms with Crippen LogP contribution in [0.25, 0.3) is 11.0 Å². The molecule has 0 unspecified atom stereocenters. The molecule has 4 atom stereocenters.